The summed E-state index contributed by atoms with van der Waals surface area (Å²) >= 11 is 0. The maximum Gasteiger partial charge on any atom is 0.228 e. The van der Waals surface area contributed by atoms with Crippen LogP contribution < -0.4 is 0 Å². The van der Waals surface area contributed by atoms with E-state index >= 15 is 0 Å². The highest BCUT2D eigenvalue weighted by Gasteiger charge is 2.20. The number of benzene rings is 1. The number of rotatable bonds is 0. The van der Waals surface area contributed by atoms with Crippen LogP contribution in [0.1, 0.15) is 46.4 Å². The first-order valence-corrected chi connectivity index (χ1v) is 5.84. The molecule has 0 atom stereocenters. The smallest absolute Gasteiger partial charge is 0.228 e. The van der Waals surface area contributed by atoms with Crippen molar-refractivity contribution in [3.8, 4) is 0 Å². The molecule has 0 fully saturated rings. The molecule has 0 N–H and O–H groups in total. The molecule has 0 radical (unpaired) electrons. The summed E-state index contributed by atoms with van der Waals surface area (Å²) in [4.78, 5) is 46.6. The first-order valence-electron chi connectivity index (χ1n) is 5.84. The van der Waals surface area contributed by atoms with Crippen molar-refractivity contribution in [1.29, 1.82) is 0 Å². The van der Waals surface area contributed by atoms with Crippen LogP contribution in [-0.4, -0.2) is 23.1 Å². The second-order valence-corrected chi connectivity index (χ2v) is 4.29. The lowest BCUT2D eigenvalue weighted by Gasteiger charge is -2.05. The molecule has 2 aliphatic rings. The largest absolute Gasteiger partial charge is 0.290 e. The Hall–Kier alpha value is -2.10. The number of carbonyl (C=O) groups is 4. The van der Waals surface area contributed by atoms with Gasteiger partial charge in [-0.25, -0.2) is 0 Å². The predicted molar refractivity (Wildman–Crippen MR) is 63.6 cm³/mol. The molecular weight excluding hydrogens is 232 g/mol. The molecule has 0 unspecified atom stereocenters. The number of hydrogen-bond donors (Lipinski definition) is 0. The Bertz CT molecular complexity index is 476. The first-order chi connectivity index (χ1) is 8.59. The van der Waals surface area contributed by atoms with E-state index in [4.69, 9.17) is 0 Å². The SMILES string of the molecule is O=C1CCCCC(=O)C(=O)c2ccc(cc2)C1=O. The van der Waals surface area contributed by atoms with E-state index in [0.29, 0.717) is 12.8 Å². The quantitative estimate of drug-likeness (QED) is 0.652. The molecule has 92 valence electrons. The summed E-state index contributed by atoms with van der Waals surface area (Å²) in [6, 6.07) is 5.68. The van der Waals surface area contributed by atoms with E-state index in [1.165, 1.54) is 24.3 Å². The fraction of sp³-hybridized carbons (Fsp3) is 0.286. The Kier molecular flexibility index (Phi) is 3.46. The maximum atomic E-state index is 11.7. The minimum Gasteiger partial charge on any atom is -0.290 e. The van der Waals surface area contributed by atoms with Crippen LogP contribution in [0.15, 0.2) is 24.3 Å². The van der Waals surface area contributed by atoms with Crippen LogP contribution in [0.5, 0.6) is 0 Å². The Morgan fingerprint density at radius 2 is 0.944 bits per heavy atom. The van der Waals surface area contributed by atoms with Crippen LogP contribution in [0.25, 0.3) is 0 Å². The van der Waals surface area contributed by atoms with Crippen molar-refractivity contribution in [2.24, 2.45) is 0 Å². The molecule has 4 nitrogen and oxygen atoms in total. The van der Waals surface area contributed by atoms with Gasteiger partial charge in [0.15, 0.2) is 0 Å². The zero-order valence-electron chi connectivity index (χ0n) is 9.77. The Labute approximate surface area is 104 Å². The summed E-state index contributed by atoms with van der Waals surface area (Å²) in [5, 5.41) is 0. The molecule has 2 bridgehead atoms. The molecule has 3 rings (SSSR count). The monoisotopic (exact) mass is 244 g/mol. The fourth-order valence-electron chi connectivity index (χ4n) is 1.89. The van der Waals surface area contributed by atoms with Gasteiger partial charge in [0, 0.05) is 24.0 Å². The van der Waals surface area contributed by atoms with Crippen molar-refractivity contribution in [1.82, 2.24) is 0 Å². The molecule has 4 heteroatoms. The predicted octanol–water partition coefficient (Wildman–Crippen LogP) is 1.76. The van der Waals surface area contributed by atoms with Crippen molar-refractivity contribution < 1.29 is 19.2 Å². The van der Waals surface area contributed by atoms with Gasteiger partial charge in [-0.3, -0.25) is 19.2 Å². The summed E-state index contributed by atoms with van der Waals surface area (Å²) < 4.78 is 0. The van der Waals surface area contributed by atoms with Crippen molar-refractivity contribution in [2.75, 3.05) is 0 Å². The average Bonchev–Trinajstić information content (AvgIpc) is 2.40. The van der Waals surface area contributed by atoms with Crippen molar-refractivity contribution in [3.63, 3.8) is 0 Å². The molecule has 0 aromatic heterocycles. The number of fused-ring (bicyclic) bond motifs is 9. The highest BCUT2D eigenvalue weighted by atomic mass is 16.2. The average molecular weight is 244 g/mol. The van der Waals surface area contributed by atoms with Crippen LogP contribution in [-0.2, 0) is 9.59 Å². The summed E-state index contributed by atoms with van der Waals surface area (Å²) in [5.41, 5.74) is 0.536. The fourth-order valence-corrected chi connectivity index (χ4v) is 1.89. The minimum absolute atomic E-state index is 0.127. The molecule has 0 saturated heterocycles. The maximum absolute atomic E-state index is 11.7. The summed E-state index contributed by atoms with van der Waals surface area (Å²) in [6.07, 6.45) is 1.17. The van der Waals surface area contributed by atoms with Gasteiger partial charge >= 0.3 is 0 Å². The molecule has 0 spiro atoms. The number of ketones is 4. The van der Waals surface area contributed by atoms with Crippen LogP contribution >= 0.6 is 0 Å². The molecule has 1 aromatic rings. The second kappa shape index (κ2) is 5.04. The molecule has 0 amide bonds. The zero-order chi connectivity index (χ0) is 13.1. The van der Waals surface area contributed by atoms with Crippen molar-refractivity contribution in [3.05, 3.63) is 35.4 Å². The van der Waals surface area contributed by atoms with Gasteiger partial charge in [0.05, 0.1) is 0 Å². The Balaban J connectivity index is 2.39. The lowest BCUT2D eigenvalue weighted by atomic mass is 9.96. The number of Topliss-reactive ketones (excluding diaryl/α,β-unsaturated/α-hetero) is 4. The van der Waals surface area contributed by atoms with Crippen molar-refractivity contribution >= 4 is 23.1 Å². The van der Waals surface area contributed by atoms with E-state index in [1.54, 1.807) is 0 Å². The van der Waals surface area contributed by atoms with E-state index in [9.17, 15) is 19.2 Å². The molecule has 0 heterocycles. The first kappa shape index (κ1) is 12.4. The molecule has 18 heavy (non-hydrogen) atoms. The lowest BCUT2D eigenvalue weighted by Crippen LogP contribution is -2.18. The van der Waals surface area contributed by atoms with Crippen LogP contribution in [0.4, 0.5) is 0 Å². The van der Waals surface area contributed by atoms with Gasteiger partial charge in [-0.15, -0.1) is 0 Å². The van der Waals surface area contributed by atoms with E-state index in [-0.39, 0.29) is 24.0 Å². The third-order valence-corrected chi connectivity index (χ3v) is 2.97. The lowest BCUT2D eigenvalue weighted by molar-refractivity contribution is -0.116. The minimum atomic E-state index is -0.527. The van der Waals surface area contributed by atoms with E-state index < -0.39 is 23.1 Å². The topological polar surface area (TPSA) is 68.3 Å². The van der Waals surface area contributed by atoms with Gasteiger partial charge in [-0.2, -0.15) is 0 Å². The van der Waals surface area contributed by atoms with E-state index in [2.05, 4.69) is 0 Å². The van der Waals surface area contributed by atoms with E-state index in [0.717, 1.165) is 0 Å². The normalized spacial score (nSPS) is 17.6. The van der Waals surface area contributed by atoms with Gasteiger partial charge in [0.2, 0.25) is 23.1 Å². The third-order valence-electron chi connectivity index (χ3n) is 2.97. The molecule has 2 aliphatic carbocycles. The van der Waals surface area contributed by atoms with Crippen LogP contribution in [0, 0.1) is 0 Å². The standard InChI is InChI=1S/C14H12O4/c15-11-3-1-2-4-12(16)14(18)10-7-5-9(6-8-10)13(11)17/h5-8H,1-4H2. The van der Waals surface area contributed by atoms with Gasteiger partial charge in [0.1, 0.15) is 0 Å². The highest BCUT2D eigenvalue weighted by Crippen LogP contribution is 2.13. The molecule has 1 aromatic carbocycles. The van der Waals surface area contributed by atoms with Gasteiger partial charge in [-0.1, -0.05) is 24.3 Å². The van der Waals surface area contributed by atoms with Gasteiger partial charge in [0.25, 0.3) is 0 Å². The number of carbonyl (C=O) groups excluding carboxylic acids is 4. The summed E-state index contributed by atoms with van der Waals surface area (Å²) in [5.74, 6) is -1.94. The van der Waals surface area contributed by atoms with Crippen LogP contribution in [0.3, 0.4) is 0 Å². The molecule has 0 saturated carbocycles. The summed E-state index contributed by atoms with van der Waals surface area (Å²) in [7, 11) is 0. The number of hydrogen-bond acceptors (Lipinski definition) is 4. The Morgan fingerprint density at radius 3 is 1.28 bits per heavy atom. The van der Waals surface area contributed by atoms with Gasteiger partial charge in [-0.05, 0) is 12.8 Å². The Morgan fingerprint density at radius 1 is 0.611 bits per heavy atom. The zero-order valence-corrected chi connectivity index (χ0v) is 9.77. The second-order valence-electron chi connectivity index (χ2n) is 4.29. The van der Waals surface area contributed by atoms with E-state index in [1.807, 2.05) is 0 Å². The van der Waals surface area contributed by atoms with Crippen molar-refractivity contribution in [2.45, 2.75) is 25.7 Å². The highest BCUT2D eigenvalue weighted by molar-refractivity contribution is 6.45. The molecular formula is C14H12O4. The molecule has 0 aliphatic heterocycles. The van der Waals surface area contributed by atoms with Crippen LogP contribution in [0.2, 0.25) is 0 Å². The third kappa shape index (κ3) is 2.42. The van der Waals surface area contributed by atoms with Gasteiger partial charge < -0.3 is 0 Å². The summed E-state index contributed by atoms with van der Waals surface area (Å²) in [6.45, 7) is 0.